The standard InChI is InChI=1S/C18H24N2O7S2/c1-3-13(2)19(15-8-9-29(25,26)12-15)17(21)10-27-18(22)11-28-16-6-4-14(5-7-16)20(23)24/h4-7,13,15H,3,8-12H2,1-2H3/t13-,15+/m0/s1. The summed E-state index contributed by atoms with van der Waals surface area (Å²) in [7, 11) is -3.14. The van der Waals surface area contributed by atoms with E-state index in [1.807, 2.05) is 13.8 Å². The zero-order valence-corrected chi connectivity index (χ0v) is 17.9. The summed E-state index contributed by atoms with van der Waals surface area (Å²) in [5.74, 6) is -1.05. The van der Waals surface area contributed by atoms with Gasteiger partial charge >= 0.3 is 5.97 Å². The summed E-state index contributed by atoms with van der Waals surface area (Å²) in [6, 6.07) is 5.21. The summed E-state index contributed by atoms with van der Waals surface area (Å²) in [5, 5.41) is 10.6. The molecular formula is C18H24N2O7S2. The number of nitro benzene ring substituents is 1. The van der Waals surface area contributed by atoms with Crippen molar-refractivity contribution in [1.82, 2.24) is 4.90 Å². The lowest BCUT2D eigenvalue weighted by Crippen LogP contribution is -2.48. The quantitative estimate of drug-likeness (QED) is 0.245. The SMILES string of the molecule is CC[C@H](C)N(C(=O)COC(=O)CSc1ccc([N+](=O)[O-])cc1)[C@@H]1CCS(=O)(=O)C1. The van der Waals surface area contributed by atoms with Crippen molar-refractivity contribution in [2.45, 2.75) is 43.7 Å². The molecule has 2 atom stereocenters. The van der Waals surface area contributed by atoms with Crippen molar-refractivity contribution in [2.24, 2.45) is 0 Å². The van der Waals surface area contributed by atoms with Crippen LogP contribution in [0.1, 0.15) is 26.7 Å². The second-order valence-corrected chi connectivity index (χ2v) is 10.1. The van der Waals surface area contributed by atoms with Gasteiger partial charge in [0, 0.05) is 29.1 Å². The molecule has 1 aromatic rings. The van der Waals surface area contributed by atoms with E-state index in [0.29, 0.717) is 17.7 Å². The Labute approximate surface area is 173 Å². The van der Waals surface area contributed by atoms with Crippen LogP contribution in [-0.4, -0.2) is 66.1 Å². The maximum atomic E-state index is 12.6. The first-order chi connectivity index (χ1) is 13.6. The van der Waals surface area contributed by atoms with E-state index in [0.717, 1.165) is 11.8 Å². The second kappa shape index (κ2) is 10.1. The van der Waals surface area contributed by atoms with Crippen LogP contribution in [0.2, 0.25) is 0 Å². The van der Waals surface area contributed by atoms with E-state index in [2.05, 4.69) is 0 Å². The van der Waals surface area contributed by atoms with Gasteiger partial charge in [-0.15, -0.1) is 11.8 Å². The maximum Gasteiger partial charge on any atom is 0.316 e. The smallest absolute Gasteiger partial charge is 0.316 e. The zero-order valence-electron chi connectivity index (χ0n) is 16.3. The number of nitro groups is 1. The number of hydrogen-bond acceptors (Lipinski definition) is 8. The van der Waals surface area contributed by atoms with E-state index in [4.69, 9.17) is 4.74 Å². The molecule has 0 spiro atoms. The molecule has 0 aromatic heterocycles. The van der Waals surface area contributed by atoms with Crippen molar-refractivity contribution in [3.8, 4) is 0 Å². The number of amides is 1. The number of hydrogen-bond donors (Lipinski definition) is 0. The first-order valence-corrected chi connectivity index (χ1v) is 12.0. The summed E-state index contributed by atoms with van der Waals surface area (Å²) in [4.78, 5) is 36.9. The average Bonchev–Trinajstić information content (AvgIpc) is 3.04. The molecule has 2 rings (SSSR count). The van der Waals surface area contributed by atoms with Crippen LogP contribution in [0.15, 0.2) is 29.2 Å². The van der Waals surface area contributed by atoms with Gasteiger partial charge in [-0.1, -0.05) is 6.92 Å². The molecule has 9 nitrogen and oxygen atoms in total. The van der Waals surface area contributed by atoms with Crippen molar-refractivity contribution in [1.29, 1.82) is 0 Å². The lowest BCUT2D eigenvalue weighted by atomic mass is 10.1. The highest BCUT2D eigenvalue weighted by Crippen LogP contribution is 2.23. The number of carbonyl (C=O) groups excluding carboxylic acids is 2. The number of sulfone groups is 1. The third kappa shape index (κ3) is 6.70. The monoisotopic (exact) mass is 444 g/mol. The van der Waals surface area contributed by atoms with E-state index >= 15 is 0 Å². The summed E-state index contributed by atoms with van der Waals surface area (Å²) in [6.45, 7) is 3.30. The third-order valence-corrected chi connectivity index (χ3v) is 7.45. The number of ether oxygens (including phenoxy) is 1. The molecule has 1 fully saturated rings. The normalized spacial score (nSPS) is 18.8. The summed E-state index contributed by atoms with van der Waals surface area (Å²) < 4.78 is 28.6. The number of benzene rings is 1. The van der Waals surface area contributed by atoms with Crippen molar-refractivity contribution in [3.05, 3.63) is 34.4 Å². The first kappa shape index (κ1) is 23.1. The fourth-order valence-electron chi connectivity index (χ4n) is 3.07. The molecule has 0 radical (unpaired) electrons. The van der Waals surface area contributed by atoms with Gasteiger partial charge in [-0.25, -0.2) is 8.42 Å². The van der Waals surface area contributed by atoms with Crippen molar-refractivity contribution >= 4 is 39.2 Å². The van der Waals surface area contributed by atoms with Crippen LogP contribution >= 0.6 is 11.8 Å². The molecule has 0 aliphatic carbocycles. The number of non-ortho nitro benzene ring substituents is 1. The van der Waals surface area contributed by atoms with Crippen LogP contribution < -0.4 is 0 Å². The highest BCUT2D eigenvalue weighted by Gasteiger charge is 2.36. The fourth-order valence-corrected chi connectivity index (χ4v) is 5.47. The van der Waals surface area contributed by atoms with Gasteiger partial charge in [-0.2, -0.15) is 0 Å². The van der Waals surface area contributed by atoms with Gasteiger partial charge in [0.15, 0.2) is 16.4 Å². The van der Waals surface area contributed by atoms with E-state index in [-0.39, 0.29) is 29.0 Å². The average molecular weight is 445 g/mol. The van der Waals surface area contributed by atoms with Crippen LogP contribution in [0.4, 0.5) is 5.69 Å². The van der Waals surface area contributed by atoms with Crippen molar-refractivity contribution in [3.63, 3.8) is 0 Å². The van der Waals surface area contributed by atoms with Crippen molar-refractivity contribution < 1.29 is 27.7 Å². The highest BCUT2D eigenvalue weighted by atomic mass is 32.2. The minimum Gasteiger partial charge on any atom is -0.455 e. The Morgan fingerprint density at radius 2 is 2.00 bits per heavy atom. The molecule has 0 unspecified atom stereocenters. The highest BCUT2D eigenvalue weighted by molar-refractivity contribution is 8.00. The van der Waals surface area contributed by atoms with E-state index in [1.54, 1.807) is 0 Å². The van der Waals surface area contributed by atoms with Gasteiger partial charge in [-0.3, -0.25) is 19.7 Å². The minimum absolute atomic E-state index is 0.0402. The van der Waals surface area contributed by atoms with Gasteiger partial charge in [0.2, 0.25) is 0 Å². The Kier molecular flexibility index (Phi) is 8.03. The Morgan fingerprint density at radius 3 is 2.52 bits per heavy atom. The summed E-state index contributed by atoms with van der Waals surface area (Å²) >= 11 is 1.14. The summed E-state index contributed by atoms with van der Waals surface area (Å²) in [5.41, 5.74) is -0.0402. The fraction of sp³-hybridized carbons (Fsp3) is 0.556. The van der Waals surface area contributed by atoms with Crippen LogP contribution in [0.25, 0.3) is 0 Å². The number of rotatable bonds is 9. The lowest BCUT2D eigenvalue weighted by molar-refractivity contribution is -0.384. The number of carbonyl (C=O) groups is 2. The molecule has 11 heteroatoms. The maximum absolute atomic E-state index is 12.6. The van der Waals surface area contributed by atoms with E-state index in [1.165, 1.54) is 29.2 Å². The molecule has 1 heterocycles. The number of nitrogens with zero attached hydrogens (tertiary/aromatic N) is 2. The Hall–Kier alpha value is -2.14. The minimum atomic E-state index is -3.14. The Morgan fingerprint density at radius 1 is 1.34 bits per heavy atom. The van der Waals surface area contributed by atoms with E-state index < -0.39 is 39.3 Å². The van der Waals surface area contributed by atoms with Crippen LogP contribution in [-0.2, 0) is 24.2 Å². The van der Waals surface area contributed by atoms with Gasteiger partial charge in [0.25, 0.3) is 11.6 Å². The summed E-state index contributed by atoms with van der Waals surface area (Å²) in [6.07, 6.45) is 1.05. The van der Waals surface area contributed by atoms with Crippen LogP contribution in [0.3, 0.4) is 0 Å². The molecule has 1 amide bonds. The predicted octanol–water partition coefficient (Wildman–Crippen LogP) is 2.04. The largest absolute Gasteiger partial charge is 0.455 e. The van der Waals surface area contributed by atoms with Gasteiger partial charge in [0.05, 0.1) is 22.2 Å². The molecule has 29 heavy (non-hydrogen) atoms. The number of thioether (sulfide) groups is 1. The Bertz CT molecular complexity index is 855. The topological polar surface area (TPSA) is 124 Å². The molecule has 1 aliphatic heterocycles. The molecule has 160 valence electrons. The first-order valence-electron chi connectivity index (χ1n) is 9.17. The van der Waals surface area contributed by atoms with E-state index in [9.17, 15) is 28.1 Å². The molecule has 1 aromatic carbocycles. The molecule has 0 N–H and O–H groups in total. The predicted molar refractivity (Wildman–Crippen MR) is 108 cm³/mol. The van der Waals surface area contributed by atoms with Crippen LogP contribution in [0, 0.1) is 10.1 Å². The van der Waals surface area contributed by atoms with Gasteiger partial charge in [0.1, 0.15) is 0 Å². The molecule has 0 saturated carbocycles. The molecular weight excluding hydrogens is 420 g/mol. The van der Waals surface area contributed by atoms with Crippen molar-refractivity contribution in [2.75, 3.05) is 23.9 Å². The third-order valence-electron chi connectivity index (χ3n) is 4.72. The number of esters is 1. The van der Waals surface area contributed by atoms with Gasteiger partial charge in [-0.05, 0) is 31.9 Å². The van der Waals surface area contributed by atoms with Crippen LogP contribution in [0.5, 0.6) is 0 Å². The van der Waals surface area contributed by atoms with Gasteiger partial charge < -0.3 is 9.64 Å². The molecule has 1 aliphatic rings. The Balaban J connectivity index is 1.86. The zero-order chi connectivity index (χ0) is 21.6. The molecule has 1 saturated heterocycles. The second-order valence-electron chi connectivity index (χ2n) is 6.82. The lowest BCUT2D eigenvalue weighted by Gasteiger charge is -2.33. The molecule has 0 bridgehead atoms.